The van der Waals surface area contributed by atoms with Gasteiger partial charge >= 0.3 is 5.97 Å². The van der Waals surface area contributed by atoms with Crippen molar-refractivity contribution < 1.29 is 19.0 Å². The highest BCUT2D eigenvalue weighted by molar-refractivity contribution is 6.18. The third kappa shape index (κ3) is 2.91. The van der Waals surface area contributed by atoms with E-state index in [1.165, 1.54) is 13.3 Å². The molecular weight excluding hydrogens is 389 g/mol. The molecule has 1 saturated heterocycles. The molecule has 150 valence electrons. The fourth-order valence-corrected chi connectivity index (χ4v) is 4.14. The minimum Gasteiger partial charge on any atom is -0.492 e. The first-order valence-electron chi connectivity index (χ1n) is 9.08. The Morgan fingerprint density at radius 1 is 1.50 bits per heavy atom. The third-order valence-electron chi connectivity index (χ3n) is 5.54. The number of aromatic nitrogens is 1. The second-order valence-corrected chi connectivity index (χ2v) is 7.89. The molecule has 1 aromatic carbocycles. The second kappa shape index (κ2) is 6.63. The summed E-state index contributed by atoms with van der Waals surface area (Å²) in [5.74, 6) is -1.52. The lowest BCUT2D eigenvalue weighted by molar-refractivity contribution is 0.0695. The average molecular weight is 410 g/mol. The van der Waals surface area contributed by atoms with Crippen molar-refractivity contribution in [3.05, 3.63) is 33.9 Å². The number of carboxylic acid groups (broad SMARTS) is 1. The Labute approximate surface area is 165 Å². The maximum absolute atomic E-state index is 15.1. The molecule has 1 unspecified atom stereocenters. The van der Waals surface area contributed by atoms with Crippen molar-refractivity contribution in [2.24, 2.45) is 5.73 Å². The van der Waals surface area contributed by atoms with Crippen LogP contribution in [0.25, 0.3) is 10.9 Å². The number of hydrogen-bond donors (Lipinski definition) is 2. The fourth-order valence-electron chi connectivity index (χ4n) is 3.92. The van der Waals surface area contributed by atoms with Crippen LogP contribution in [0.3, 0.4) is 0 Å². The van der Waals surface area contributed by atoms with Crippen molar-refractivity contribution in [3.8, 4) is 5.75 Å². The second-order valence-electron chi connectivity index (χ2n) is 7.62. The van der Waals surface area contributed by atoms with E-state index in [2.05, 4.69) is 0 Å². The Morgan fingerprint density at radius 2 is 2.21 bits per heavy atom. The van der Waals surface area contributed by atoms with Gasteiger partial charge in [0.05, 0.1) is 18.0 Å². The lowest BCUT2D eigenvalue weighted by Gasteiger charge is -2.26. The number of ether oxygens (including phenoxy) is 1. The first kappa shape index (κ1) is 19.0. The Bertz CT molecular complexity index is 1040. The van der Waals surface area contributed by atoms with Gasteiger partial charge in [-0.2, -0.15) is 0 Å². The Hall–Kier alpha value is -2.32. The van der Waals surface area contributed by atoms with E-state index in [9.17, 15) is 14.7 Å². The van der Waals surface area contributed by atoms with Gasteiger partial charge in [-0.05, 0) is 25.3 Å². The number of benzene rings is 1. The zero-order chi connectivity index (χ0) is 20.2. The molecule has 0 spiro atoms. The highest BCUT2D eigenvalue weighted by atomic mass is 35.5. The minimum atomic E-state index is -1.33. The number of anilines is 1. The topological polar surface area (TPSA) is 97.8 Å². The maximum atomic E-state index is 15.1. The fraction of sp³-hybridized carbons (Fsp3) is 0.474. The van der Waals surface area contributed by atoms with Crippen LogP contribution in [0.1, 0.15) is 35.7 Å². The van der Waals surface area contributed by atoms with Crippen LogP contribution in [0.5, 0.6) is 5.75 Å². The third-order valence-corrected chi connectivity index (χ3v) is 6.07. The monoisotopic (exact) mass is 409 g/mol. The Morgan fingerprint density at radius 3 is 2.75 bits per heavy atom. The molecule has 9 heteroatoms. The first-order chi connectivity index (χ1) is 13.3. The van der Waals surface area contributed by atoms with Gasteiger partial charge < -0.3 is 25.0 Å². The Kier molecular flexibility index (Phi) is 4.50. The number of pyridine rings is 1. The molecule has 7 nitrogen and oxygen atoms in total. The summed E-state index contributed by atoms with van der Waals surface area (Å²) in [6, 6.07) is 1.17. The van der Waals surface area contributed by atoms with E-state index in [1.54, 1.807) is 9.47 Å². The maximum Gasteiger partial charge on any atom is 0.341 e. The molecule has 2 aromatic rings. The number of methoxy groups -OCH3 is 1. The molecule has 0 bridgehead atoms. The van der Waals surface area contributed by atoms with Crippen LogP contribution >= 0.6 is 11.6 Å². The van der Waals surface area contributed by atoms with Crippen LogP contribution in [0.15, 0.2) is 17.1 Å². The van der Waals surface area contributed by atoms with Gasteiger partial charge in [-0.25, -0.2) is 9.18 Å². The van der Waals surface area contributed by atoms with Crippen molar-refractivity contribution in [1.29, 1.82) is 0 Å². The normalized spacial score (nSPS) is 22.1. The van der Waals surface area contributed by atoms with Gasteiger partial charge in [0.25, 0.3) is 0 Å². The zero-order valence-electron chi connectivity index (χ0n) is 15.4. The SMILES string of the molecule is COc1c(N2CCC(N)(CCl)C2)c(F)cc2c(=O)c(C(=O)O)cn(C3CC3)c12. The van der Waals surface area contributed by atoms with E-state index in [0.29, 0.717) is 25.0 Å². The predicted molar refractivity (Wildman–Crippen MR) is 104 cm³/mol. The summed E-state index contributed by atoms with van der Waals surface area (Å²) in [5, 5.41) is 9.39. The number of carboxylic acids is 1. The van der Waals surface area contributed by atoms with E-state index < -0.39 is 22.8 Å². The summed E-state index contributed by atoms with van der Waals surface area (Å²) in [6.45, 7) is 0.860. The Balaban J connectivity index is 2.00. The van der Waals surface area contributed by atoms with Crippen molar-refractivity contribution in [2.75, 3.05) is 31.0 Å². The standard InChI is InChI=1S/C19H21ClFN3O4/c1-28-17-14-11(16(25)12(18(26)27)7-24(14)10-2-3-10)6-13(21)15(17)23-5-4-19(22,8-20)9-23/h6-7,10H,2-5,8-9,22H2,1H3,(H,26,27). The summed E-state index contributed by atoms with van der Waals surface area (Å²) in [4.78, 5) is 26.0. The zero-order valence-corrected chi connectivity index (χ0v) is 16.1. The molecule has 1 atom stereocenters. The lowest BCUT2D eigenvalue weighted by atomic mass is 10.0. The molecule has 1 aromatic heterocycles. The summed E-state index contributed by atoms with van der Waals surface area (Å²) < 4.78 is 22.4. The van der Waals surface area contributed by atoms with Crippen LogP contribution in [-0.2, 0) is 0 Å². The highest BCUT2D eigenvalue weighted by Gasteiger charge is 2.37. The first-order valence-corrected chi connectivity index (χ1v) is 9.61. The summed E-state index contributed by atoms with van der Waals surface area (Å²) in [5.41, 5.74) is 5.16. The summed E-state index contributed by atoms with van der Waals surface area (Å²) in [6.07, 6.45) is 3.65. The summed E-state index contributed by atoms with van der Waals surface area (Å²) in [7, 11) is 1.41. The number of carbonyl (C=O) groups is 1. The van der Waals surface area contributed by atoms with E-state index >= 15 is 4.39 Å². The number of fused-ring (bicyclic) bond motifs is 1. The van der Waals surface area contributed by atoms with Gasteiger partial charge in [0.15, 0.2) is 11.6 Å². The largest absolute Gasteiger partial charge is 0.492 e. The molecule has 28 heavy (non-hydrogen) atoms. The predicted octanol–water partition coefficient (Wildman–Crippen LogP) is 2.33. The summed E-state index contributed by atoms with van der Waals surface area (Å²) >= 11 is 5.98. The van der Waals surface area contributed by atoms with Gasteiger partial charge in [0.2, 0.25) is 5.43 Å². The molecule has 0 amide bonds. The van der Waals surface area contributed by atoms with E-state index in [0.717, 1.165) is 18.9 Å². The molecule has 2 heterocycles. The lowest BCUT2D eigenvalue weighted by Crippen LogP contribution is -2.44. The number of halogens is 2. The van der Waals surface area contributed by atoms with E-state index in [4.69, 9.17) is 22.1 Å². The van der Waals surface area contributed by atoms with Crippen molar-refractivity contribution in [1.82, 2.24) is 4.57 Å². The smallest absolute Gasteiger partial charge is 0.341 e. The highest BCUT2D eigenvalue weighted by Crippen LogP contribution is 2.44. The molecule has 1 aliphatic carbocycles. The number of rotatable bonds is 5. The molecule has 1 saturated carbocycles. The molecule has 2 fully saturated rings. The van der Waals surface area contributed by atoms with Crippen LogP contribution < -0.4 is 20.8 Å². The van der Waals surface area contributed by atoms with Crippen LogP contribution in [0, 0.1) is 5.82 Å². The average Bonchev–Trinajstić information content (AvgIpc) is 3.43. The molecule has 1 aliphatic heterocycles. The van der Waals surface area contributed by atoms with Crippen molar-refractivity contribution in [2.45, 2.75) is 30.8 Å². The van der Waals surface area contributed by atoms with Crippen LogP contribution in [0.2, 0.25) is 0 Å². The molecule has 3 N–H and O–H groups in total. The molecule has 2 aliphatic rings. The van der Waals surface area contributed by atoms with Gasteiger partial charge in [-0.3, -0.25) is 4.79 Å². The van der Waals surface area contributed by atoms with E-state index in [1.807, 2.05) is 0 Å². The van der Waals surface area contributed by atoms with Crippen molar-refractivity contribution >= 4 is 34.2 Å². The quantitative estimate of drug-likeness (QED) is 0.735. The number of alkyl halides is 1. The number of hydrogen-bond acceptors (Lipinski definition) is 5. The van der Waals surface area contributed by atoms with Gasteiger partial charge in [0, 0.05) is 36.7 Å². The molecule has 0 radical (unpaired) electrons. The molecule has 4 rings (SSSR count). The van der Waals surface area contributed by atoms with Gasteiger partial charge in [0.1, 0.15) is 11.3 Å². The van der Waals surface area contributed by atoms with Gasteiger partial charge in [-0.15, -0.1) is 11.6 Å². The number of nitrogens with zero attached hydrogens (tertiary/aromatic N) is 2. The van der Waals surface area contributed by atoms with Crippen LogP contribution in [0.4, 0.5) is 10.1 Å². The van der Waals surface area contributed by atoms with Crippen LogP contribution in [-0.4, -0.2) is 47.3 Å². The molecular formula is C19H21ClFN3O4. The van der Waals surface area contributed by atoms with Gasteiger partial charge in [-0.1, -0.05) is 0 Å². The van der Waals surface area contributed by atoms with Crippen molar-refractivity contribution in [3.63, 3.8) is 0 Å². The van der Waals surface area contributed by atoms with E-state index in [-0.39, 0.29) is 34.3 Å². The minimum absolute atomic E-state index is 0.000419. The number of aromatic carboxylic acids is 1. The number of nitrogens with two attached hydrogens (primary N) is 1.